The standard InChI is InChI=1S/C24H25FN4O3/c1-17(30)27-15-21-16-29(32-31-21)20-7-8-24(23(25)13-20)28-11-9-19(10-12-28)22(14-26)18-5-3-2-4-6-18/h2-8,13,21H,9-12,15-16H2,1H3,(H,27,30)/t21-/m0/s1. The molecule has 0 spiro atoms. The van der Waals surface area contributed by atoms with Gasteiger partial charge in [0.15, 0.2) is 0 Å². The Balaban J connectivity index is 1.40. The molecule has 32 heavy (non-hydrogen) atoms. The van der Waals surface area contributed by atoms with E-state index in [1.165, 1.54) is 18.1 Å². The highest BCUT2D eigenvalue weighted by atomic mass is 19.1. The van der Waals surface area contributed by atoms with E-state index in [0.29, 0.717) is 50.4 Å². The Labute approximate surface area is 186 Å². The van der Waals surface area contributed by atoms with E-state index in [4.69, 9.17) is 9.88 Å². The largest absolute Gasteiger partial charge is 0.369 e. The zero-order chi connectivity index (χ0) is 22.5. The summed E-state index contributed by atoms with van der Waals surface area (Å²) in [6.07, 6.45) is 1.10. The van der Waals surface area contributed by atoms with E-state index < -0.39 is 0 Å². The van der Waals surface area contributed by atoms with Gasteiger partial charge in [0.1, 0.15) is 11.9 Å². The summed E-state index contributed by atoms with van der Waals surface area (Å²) in [6.45, 7) is 3.43. The van der Waals surface area contributed by atoms with Gasteiger partial charge in [-0.05, 0) is 36.1 Å². The quantitative estimate of drug-likeness (QED) is 0.570. The zero-order valence-corrected chi connectivity index (χ0v) is 17.9. The summed E-state index contributed by atoms with van der Waals surface area (Å²) in [7, 11) is 0. The minimum Gasteiger partial charge on any atom is -0.369 e. The fourth-order valence-corrected chi connectivity index (χ4v) is 3.99. The Morgan fingerprint density at radius 2 is 1.97 bits per heavy atom. The molecule has 0 aromatic heterocycles. The number of hydrogen-bond donors (Lipinski definition) is 1. The maximum absolute atomic E-state index is 14.9. The molecule has 0 saturated carbocycles. The van der Waals surface area contributed by atoms with Crippen LogP contribution in [-0.2, 0) is 14.7 Å². The highest BCUT2D eigenvalue weighted by molar-refractivity contribution is 5.79. The minimum absolute atomic E-state index is 0.146. The van der Waals surface area contributed by atoms with Crippen LogP contribution in [0.4, 0.5) is 15.8 Å². The van der Waals surface area contributed by atoms with Crippen molar-refractivity contribution < 1.29 is 19.1 Å². The number of nitrogens with one attached hydrogen (secondary N) is 1. The third kappa shape index (κ3) is 4.90. The molecule has 2 aliphatic rings. The molecular formula is C24H25FN4O3. The lowest BCUT2D eigenvalue weighted by Gasteiger charge is -2.31. The van der Waals surface area contributed by atoms with Crippen LogP contribution in [0.2, 0.25) is 0 Å². The molecule has 2 heterocycles. The Hall–Kier alpha value is -3.41. The first-order valence-electron chi connectivity index (χ1n) is 10.6. The summed E-state index contributed by atoms with van der Waals surface area (Å²) in [5.74, 6) is -0.486. The Morgan fingerprint density at radius 1 is 1.22 bits per heavy atom. The number of benzene rings is 2. The maximum Gasteiger partial charge on any atom is 0.216 e. The van der Waals surface area contributed by atoms with Crippen LogP contribution < -0.4 is 15.3 Å². The predicted molar refractivity (Wildman–Crippen MR) is 119 cm³/mol. The van der Waals surface area contributed by atoms with E-state index in [2.05, 4.69) is 11.4 Å². The van der Waals surface area contributed by atoms with Crippen molar-refractivity contribution in [3.63, 3.8) is 0 Å². The Bertz CT molecular complexity index is 1040. The average molecular weight is 436 g/mol. The van der Waals surface area contributed by atoms with Crippen molar-refractivity contribution in [1.29, 1.82) is 5.26 Å². The SMILES string of the molecule is CC(=O)NC[C@H]1CN(c2ccc(N3CCC(=C(C#N)c4ccccc4)CC3)c(F)c2)OO1. The molecule has 2 saturated heterocycles. The first kappa shape index (κ1) is 21.8. The first-order valence-corrected chi connectivity index (χ1v) is 10.6. The molecule has 166 valence electrons. The molecule has 8 heteroatoms. The van der Waals surface area contributed by atoms with Crippen LogP contribution in [0.25, 0.3) is 5.57 Å². The summed E-state index contributed by atoms with van der Waals surface area (Å²) in [5, 5.41) is 13.8. The van der Waals surface area contributed by atoms with Gasteiger partial charge in [0.2, 0.25) is 5.91 Å². The van der Waals surface area contributed by atoms with Crippen molar-refractivity contribution in [3.05, 3.63) is 65.5 Å². The molecule has 2 aromatic rings. The smallest absolute Gasteiger partial charge is 0.216 e. The number of amides is 1. The first-order chi connectivity index (χ1) is 15.5. The molecule has 2 aliphatic heterocycles. The molecule has 1 amide bonds. The fourth-order valence-electron chi connectivity index (χ4n) is 3.99. The van der Waals surface area contributed by atoms with Gasteiger partial charge >= 0.3 is 0 Å². The molecule has 0 bridgehead atoms. The van der Waals surface area contributed by atoms with Gasteiger partial charge in [0.05, 0.1) is 29.6 Å². The van der Waals surface area contributed by atoms with Crippen molar-refractivity contribution >= 4 is 22.9 Å². The maximum atomic E-state index is 14.9. The van der Waals surface area contributed by atoms with E-state index in [0.717, 1.165) is 16.7 Å². The van der Waals surface area contributed by atoms with Crippen molar-refractivity contribution in [2.24, 2.45) is 0 Å². The van der Waals surface area contributed by atoms with E-state index in [9.17, 15) is 14.4 Å². The summed E-state index contributed by atoms with van der Waals surface area (Å²) >= 11 is 0. The minimum atomic E-state index is -0.340. The third-order valence-corrected chi connectivity index (χ3v) is 5.67. The number of halogens is 1. The number of rotatable bonds is 5. The van der Waals surface area contributed by atoms with Gasteiger partial charge in [-0.25, -0.2) is 14.3 Å². The summed E-state index contributed by atoms with van der Waals surface area (Å²) in [4.78, 5) is 23.4. The molecule has 1 atom stereocenters. The van der Waals surface area contributed by atoms with E-state index in [1.807, 2.05) is 35.2 Å². The number of nitriles is 1. The molecule has 1 N–H and O–H groups in total. The third-order valence-electron chi connectivity index (χ3n) is 5.67. The van der Waals surface area contributed by atoms with Gasteiger partial charge in [0, 0.05) is 32.6 Å². The van der Waals surface area contributed by atoms with Gasteiger partial charge in [-0.3, -0.25) is 4.79 Å². The average Bonchev–Trinajstić information content (AvgIpc) is 3.29. The van der Waals surface area contributed by atoms with Gasteiger partial charge in [0.25, 0.3) is 0 Å². The molecule has 2 fully saturated rings. The Kier molecular flexibility index (Phi) is 6.69. The lowest BCUT2D eigenvalue weighted by Crippen LogP contribution is -2.33. The fraction of sp³-hybridized carbons (Fsp3) is 0.333. The van der Waals surface area contributed by atoms with Crippen molar-refractivity contribution in [1.82, 2.24) is 5.32 Å². The number of carbonyl (C=O) groups is 1. The van der Waals surface area contributed by atoms with Crippen LogP contribution in [0.3, 0.4) is 0 Å². The predicted octanol–water partition coefficient (Wildman–Crippen LogP) is 3.59. The number of carbonyl (C=O) groups excluding carboxylic acids is 1. The number of piperidine rings is 1. The molecule has 7 nitrogen and oxygen atoms in total. The molecular weight excluding hydrogens is 411 g/mol. The van der Waals surface area contributed by atoms with Crippen molar-refractivity contribution in [2.45, 2.75) is 25.9 Å². The number of hydroxylamine groups is 1. The second-order valence-corrected chi connectivity index (χ2v) is 7.87. The van der Waals surface area contributed by atoms with Gasteiger partial charge in [-0.15, -0.1) is 4.99 Å². The molecule has 0 unspecified atom stereocenters. The normalized spacial score (nSPS) is 18.4. The monoisotopic (exact) mass is 436 g/mol. The second-order valence-electron chi connectivity index (χ2n) is 7.87. The van der Waals surface area contributed by atoms with Crippen LogP contribution in [0.1, 0.15) is 25.3 Å². The molecule has 0 radical (unpaired) electrons. The Morgan fingerprint density at radius 3 is 2.62 bits per heavy atom. The molecule has 0 aliphatic carbocycles. The van der Waals surface area contributed by atoms with Crippen LogP contribution in [-0.4, -0.2) is 38.2 Å². The number of allylic oxidation sites excluding steroid dienone is 1. The number of hydrogen-bond acceptors (Lipinski definition) is 6. The topological polar surface area (TPSA) is 77.8 Å². The highest BCUT2D eigenvalue weighted by Gasteiger charge is 2.27. The zero-order valence-electron chi connectivity index (χ0n) is 17.9. The van der Waals surface area contributed by atoms with Crippen LogP contribution >= 0.6 is 0 Å². The van der Waals surface area contributed by atoms with Gasteiger partial charge in [-0.2, -0.15) is 5.26 Å². The van der Waals surface area contributed by atoms with Crippen LogP contribution in [0, 0.1) is 17.1 Å². The number of anilines is 2. The van der Waals surface area contributed by atoms with Gasteiger partial charge in [-0.1, -0.05) is 30.3 Å². The lowest BCUT2D eigenvalue weighted by molar-refractivity contribution is -0.281. The molecule has 2 aromatic carbocycles. The summed E-state index contributed by atoms with van der Waals surface area (Å²) in [5.41, 5.74) is 3.84. The van der Waals surface area contributed by atoms with Crippen LogP contribution in [0.5, 0.6) is 0 Å². The number of nitrogens with zero attached hydrogens (tertiary/aromatic N) is 3. The van der Waals surface area contributed by atoms with E-state index >= 15 is 0 Å². The van der Waals surface area contributed by atoms with E-state index in [-0.39, 0.29) is 17.8 Å². The second kappa shape index (κ2) is 9.81. The lowest BCUT2D eigenvalue weighted by atomic mass is 9.93. The van der Waals surface area contributed by atoms with Crippen LogP contribution in [0.15, 0.2) is 54.1 Å². The van der Waals surface area contributed by atoms with Gasteiger partial charge < -0.3 is 10.2 Å². The highest BCUT2D eigenvalue weighted by Crippen LogP contribution is 2.32. The van der Waals surface area contributed by atoms with E-state index in [1.54, 1.807) is 12.1 Å². The summed E-state index contributed by atoms with van der Waals surface area (Å²) < 4.78 is 14.9. The molecule has 4 rings (SSSR count). The van der Waals surface area contributed by atoms with Crippen molar-refractivity contribution in [2.75, 3.05) is 36.1 Å². The van der Waals surface area contributed by atoms with Crippen molar-refractivity contribution in [3.8, 4) is 6.07 Å². The summed E-state index contributed by atoms with van der Waals surface area (Å²) in [6, 6.07) is 17.0.